The van der Waals surface area contributed by atoms with Gasteiger partial charge in [-0.3, -0.25) is 9.59 Å². The largest absolute Gasteiger partial charge is 0.469 e. The summed E-state index contributed by atoms with van der Waals surface area (Å²) in [6.07, 6.45) is 7.11. The monoisotopic (exact) mass is 344 g/mol. The molecule has 0 radical (unpaired) electrons. The summed E-state index contributed by atoms with van der Waals surface area (Å²) < 4.78 is 11.3. The van der Waals surface area contributed by atoms with Gasteiger partial charge in [-0.25, -0.2) is 0 Å². The van der Waals surface area contributed by atoms with Crippen LogP contribution in [0.2, 0.25) is 0 Å². The molecule has 1 saturated heterocycles. The quantitative estimate of drug-likeness (QED) is 0.583. The van der Waals surface area contributed by atoms with Crippen LogP contribution in [0.1, 0.15) is 39.0 Å². The number of fused-ring (bicyclic) bond motifs is 1. The molecule has 5 nitrogen and oxygen atoms in total. The van der Waals surface area contributed by atoms with Crippen LogP contribution in [-0.4, -0.2) is 35.4 Å². The van der Waals surface area contributed by atoms with Crippen molar-refractivity contribution in [1.29, 1.82) is 0 Å². The lowest BCUT2D eigenvalue weighted by Crippen LogP contribution is -2.47. The zero-order valence-electron chi connectivity index (χ0n) is 14.7. The first-order valence-electron chi connectivity index (χ1n) is 9.13. The number of aliphatic hydroxyl groups is 1. The second-order valence-corrected chi connectivity index (χ2v) is 9.03. The normalized spacial score (nSPS) is 54.9. The summed E-state index contributed by atoms with van der Waals surface area (Å²) in [5.41, 5.74) is -1.95. The second kappa shape index (κ2) is 4.20. The fourth-order valence-electron chi connectivity index (χ4n) is 7.34. The number of hydrogen-bond donors (Lipinski definition) is 1. The van der Waals surface area contributed by atoms with Gasteiger partial charge in [0.15, 0.2) is 0 Å². The number of esters is 2. The van der Waals surface area contributed by atoms with Gasteiger partial charge in [0, 0.05) is 18.3 Å². The number of methoxy groups -OCH3 is 1. The Morgan fingerprint density at radius 3 is 2.96 bits per heavy atom. The number of rotatable bonds is 1. The van der Waals surface area contributed by atoms with Gasteiger partial charge in [0.05, 0.1) is 24.0 Å². The van der Waals surface area contributed by atoms with Crippen LogP contribution < -0.4 is 0 Å². The van der Waals surface area contributed by atoms with Gasteiger partial charge in [0.25, 0.3) is 0 Å². The van der Waals surface area contributed by atoms with Crippen LogP contribution in [0.3, 0.4) is 0 Å². The summed E-state index contributed by atoms with van der Waals surface area (Å²) in [5.74, 6) is -1.13. The average molecular weight is 344 g/mol. The highest BCUT2D eigenvalue weighted by Gasteiger charge is 2.82. The maximum atomic E-state index is 13.0. The summed E-state index contributed by atoms with van der Waals surface area (Å²) in [6, 6.07) is 0. The molecule has 134 valence electrons. The van der Waals surface area contributed by atoms with Crippen LogP contribution in [0.5, 0.6) is 0 Å². The van der Waals surface area contributed by atoms with E-state index in [-0.39, 0.29) is 23.8 Å². The second-order valence-electron chi connectivity index (χ2n) is 9.03. The molecule has 0 aromatic carbocycles. The number of ether oxygens (including phenoxy) is 2. The van der Waals surface area contributed by atoms with Crippen LogP contribution in [0.15, 0.2) is 24.3 Å². The highest BCUT2D eigenvalue weighted by Crippen LogP contribution is 2.77. The van der Waals surface area contributed by atoms with Crippen LogP contribution >= 0.6 is 0 Å². The van der Waals surface area contributed by atoms with E-state index in [1.807, 2.05) is 19.1 Å². The van der Waals surface area contributed by atoms with Crippen molar-refractivity contribution in [3.05, 3.63) is 24.3 Å². The number of carbonyl (C=O) groups excluding carboxylic acids is 2. The SMILES string of the molecule is C=C1C[C@]23C[C@@]1(O)CC[C@H]2[C@@]12CC=C[C@@](C)(C(=O)O1)[C@H]2[C@@H]3C(=O)OC. The Hall–Kier alpha value is -1.62. The van der Waals surface area contributed by atoms with Crippen molar-refractivity contribution in [2.45, 2.75) is 50.2 Å². The fourth-order valence-corrected chi connectivity index (χ4v) is 7.34. The first-order valence-corrected chi connectivity index (χ1v) is 9.13. The summed E-state index contributed by atoms with van der Waals surface area (Å²) in [5, 5.41) is 11.0. The molecule has 5 heteroatoms. The fraction of sp³-hybridized carbons (Fsp3) is 0.700. The molecule has 7 atom stereocenters. The van der Waals surface area contributed by atoms with E-state index in [4.69, 9.17) is 9.47 Å². The first-order chi connectivity index (χ1) is 11.7. The van der Waals surface area contributed by atoms with Crippen LogP contribution in [-0.2, 0) is 19.1 Å². The predicted molar refractivity (Wildman–Crippen MR) is 88.2 cm³/mol. The van der Waals surface area contributed by atoms with Crippen LogP contribution in [0.4, 0.5) is 0 Å². The number of carbonyl (C=O) groups is 2. The Morgan fingerprint density at radius 2 is 2.24 bits per heavy atom. The van der Waals surface area contributed by atoms with E-state index >= 15 is 0 Å². The molecule has 1 heterocycles. The van der Waals surface area contributed by atoms with Crippen molar-refractivity contribution in [2.75, 3.05) is 7.11 Å². The van der Waals surface area contributed by atoms with Crippen LogP contribution in [0, 0.1) is 28.6 Å². The third-order valence-electron chi connectivity index (χ3n) is 8.16. The highest BCUT2D eigenvalue weighted by molar-refractivity contribution is 5.87. The molecule has 4 bridgehead atoms. The Balaban J connectivity index is 1.76. The molecule has 5 rings (SSSR count). The zero-order chi connectivity index (χ0) is 17.8. The van der Waals surface area contributed by atoms with Crippen molar-refractivity contribution in [3.63, 3.8) is 0 Å². The molecule has 1 aliphatic heterocycles. The number of hydrogen-bond acceptors (Lipinski definition) is 5. The first kappa shape index (κ1) is 15.6. The smallest absolute Gasteiger partial charge is 0.316 e. The van der Waals surface area contributed by atoms with Gasteiger partial charge in [0.2, 0.25) is 0 Å². The van der Waals surface area contributed by atoms with Crippen molar-refractivity contribution in [2.24, 2.45) is 28.6 Å². The van der Waals surface area contributed by atoms with Gasteiger partial charge < -0.3 is 14.6 Å². The third kappa shape index (κ3) is 1.44. The van der Waals surface area contributed by atoms with E-state index in [0.29, 0.717) is 25.7 Å². The molecule has 4 aliphatic carbocycles. The average Bonchev–Trinajstić information content (AvgIpc) is 2.95. The highest BCUT2D eigenvalue weighted by atomic mass is 16.6. The summed E-state index contributed by atoms with van der Waals surface area (Å²) >= 11 is 0. The predicted octanol–water partition coefficient (Wildman–Crippen LogP) is 2.14. The maximum Gasteiger partial charge on any atom is 0.316 e. The van der Waals surface area contributed by atoms with Gasteiger partial charge in [-0.1, -0.05) is 18.7 Å². The van der Waals surface area contributed by atoms with E-state index in [9.17, 15) is 14.7 Å². The molecule has 0 aromatic rings. The molecular weight excluding hydrogens is 320 g/mol. The van der Waals surface area contributed by atoms with Gasteiger partial charge >= 0.3 is 11.9 Å². The molecule has 25 heavy (non-hydrogen) atoms. The topological polar surface area (TPSA) is 72.8 Å². The van der Waals surface area contributed by atoms with Gasteiger partial charge in [0.1, 0.15) is 5.60 Å². The van der Waals surface area contributed by atoms with Crippen molar-refractivity contribution in [1.82, 2.24) is 0 Å². The summed E-state index contributed by atoms with van der Waals surface area (Å²) in [4.78, 5) is 25.7. The molecule has 0 aromatic heterocycles. The van der Waals surface area contributed by atoms with Gasteiger partial charge in [-0.05, 0) is 43.6 Å². The van der Waals surface area contributed by atoms with E-state index < -0.39 is 27.9 Å². The summed E-state index contributed by atoms with van der Waals surface area (Å²) in [6.45, 7) is 6.01. The van der Waals surface area contributed by atoms with E-state index in [1.165, 1.54) is 7.11 Å². The Labute approximate surface area is 147 Å². The zero-order valence-corrected chi connectivity index (χ0v) is 14.7. The molecule has 5 aliphatic rings. The molecule has 0 amide bonds. The van der Waals surface area contributed by atoms with E-state index in [0.717, 1.165) is 12.0 Å². The van der Waals surface area contributed by atoms with Crippen molar-refractivity contribution >= 4 is 11.9 Å². The van der Waals surface area contributed by atoms with Crippen molar-refractivity contribution in [3.8, 4) is 0 Å². The molecule has 3 saturated carbocycles. The molecule has 1 spiro atoms. The Bertz CT molecular complexity index is 755. The molecule has 1 N–H and O–H groups in total. The minimum atomic E-state index is -0.898. The standard InChI is InChI=1S/C20H24O5/c1-11-9-18-10-19(11,23)8-5-12(18)20-7-4-6-17(2,16(22)25-20)14(20)13(18)15(21)24-3/h4,6,12-14,23H,1,5,7-10H2,2-3H3/t12-,13-,14-,17-,18+,19+,20-/m1/s1. The van der Waals surface area contributed by atoms with Crippen LogP contribution in [0.25, 0.3) is 0 Å². The van der Waals surface area contributed by atoms with E-state index in [2.05, 4.69) is 6.58 Å². The van der Waals surface area contributed by atoms with Gasteiger partial charge in [-0.2, -0.15) is 0 Å². The third-order valence-corrected chi connectivity index (χ3v) is 8.16. The van der Waals surface area contributed by atoms with Crippen molar-refractivity contribution < 1.29 is 24.2 Å². The molecular formula is C20H24O5. The molecule has 0 unspecified atom stereocenters. The minimum Gasteiger partial charge on any atom is -0.469 e. The van der Waals surface area contributed by atoms with Gasteiger partial charge in [-0.15, -0.1) is 0 Å². The lowest BCUT2D eigenvalue weighted by atomic mass is 9.62. The lowest BCUT2D eigenvalue weighted by Gasteiger charge is -2.45. The summed E-state index contributed by atoms with van der Waals surface area (Å²) in [7, 11) is 1.41. The van der Waals surface area contributed by atoms with E-state index in [1.54, 1.807) is 0 Å². The lowest BCUT2D eigenvalue weighted by molar-refractivity contribution is -0.162. The molecule has 4 fully saturated rings. The Morgan fingerprint density at radius 1 is 1.48 bits per heavy atom. The Kier molecular flexibility index (Phi) is 2.62. The maximum absolute atomic E-state index is 13.0. The minimum absolute atomic E-state index is 0.0596.